The highest BCUT2D eigenvalue weighted by Crippen LogP contribution is 2.54. The molecular weight excluding hydrogens is 538 g/mol. The van der Waals surface area contributed by atoms with Gasteiger partial charge in [-0.2, -0.15) is 4.98 Å². The molecule has 2 N–H and O–H groups in total. The average Bonchev–Trinajstić information content (AvgIpc) is 3.63. The van der Waals surface area contributed by atoms with Gasteiger partial charge in [0.2, 0.25) is 16.0 Å². The molecule has 5 rings (SSSR count). The minimum Gasteiger partial charge on any atom is -0.371 e. The minimum atomic E-state index is -3.51. The number of carbonyl (C=O) groups is 1. The second kappa shape index (κ2) is 10.8. The summed E-state index contributed by atoms with van der Waals surface area (Å²) in [5, 5.41) is 2.89. The molecule has 1 amide bonds. The van der Waals surface area contributed by atoms with E-state index in [9.17, 15) is 22.0 Å². The van der Waals surface area contributed by atoms with E-state index in [1.165, 1.54) is 12.8 Å². The maximum atomic E-state index is 13.7. The fourth-order valence-corrected chi connectivity index (χ4v) is 6.81. The number of nitrogens with one attached hydrogen (secondary N) is 2. The Labute approximate surface area is 234 Å². The summed E-state index contributed by atoms with van der Waals surface area (Å²) >= 11 is 0. The molecule has 2 aromatic rings. The second-order valence-corrected chi connectivity index (χ2v) is 13.4. The molecule has 1 spiro atoms. The lowest BCUT2D eigenvalue weighted by Gasteiger charge is -2.35. The third-order valence-corrected chi connectivity index (χ3v) is 9.79. The lowest BCUT2D eigenvalue weighted by molar-refractivity contribution is -0.0222. The number of aromatic nitrogens is 2. The fourth-order valence-electron chi connectivity index (χ4n) is 5.61. The van der Waals surface area contributed by atoms with Crippen LogP contribution >= 0.6 is 0 Å². The topological polar surface area (TPSA) is 108 Å². The lowest BCUT2D eigenvalue weighted by atomic mass is 9.92. The first-order valence-corrected chi connectivity index (χ1v) is 15.7. The first kappa shape index (κ1) is 28.5. The Morgan fingerprint density at radius 1 is 0.950 bits per heavy atom. The van der Waals surface area contributed by atoms with Crippen LogP contribution in [0, 0.1) is 19.3 Å². The molecule has 0 unspecified atom stereocenters. The number of nitrogens with zero attached hydrogens (tertiary/aromatic N) is 4. The maximum Gasteiger partial charge on any atom is 0.258 e. The Hall–Kier alpha value is -3.02. The molecule has 1 aromatic heterocycles. The van der Waals surface area contributed by atoms with E-state index in [0.717, 1.165) is 25.9 Å². The average molecular weight is 577 g/mol. The van der Waals surface area contributed by atoms with Crippen molar-refractivity contribution in [2.45, 2.75) is 71.6 Å². The molecule has 2 aliphatic heterocycles. The number of halogens is 2. The van der Waals surface area contributed by atoms with Crippen molar-refractivity contribution >= 4 is 39.1 Å². The molecule has 0 bridgehead atoms. The summed E-state index contributed by atoms with van der Waals surface area (Å²) in [6.45, 7) is 7.22. The summed E-state index contributed by atoms with van der Waals surface area (Å²) in [7, 11) is -3.51. The summed E-state index contributed by atoms with van der Waals surface area (Å²) in [5.74, 6) is -2.44. The van der Waals surface area contributed by atoms with Crippen molar-refractivity contribution in [3.05, 3.63) is 35.0 Å². The molecule has 12 heteroatoms. The van der Waals surface area contributed by atoms with Crippen molar-refractivity contribution < 1.29 is 22.0 Å². The highest BCUT2D eigenvalue weighted by molar-refractivity contribution is 7.92. The molecular formula is C28H38F2N6O3S. The molecule has 0 atom stereocenters. The first-order valence-electron chi connectivity index (χ1n) is 14.1. The number of hydrogen-bond donors (Lipinski definition) is 2. The van der Waals surface area contributed by atoms with Crippen LogP contribution in [0.15, 0.2) is 18.2 Å². The molecule has 3 heterocycles. The van der Waals surface area contributed by atoms with Crippen LogP contribution in [-0.2, 0) is 10.0 Å². The third kappa shape index (κ3) is 6.47. The number of aryl methyl sites for hydroxylation is 2. The Morgan fingerprint density at radius 3 is 2.23 bits per heavy atom. The third-order valence-electron chi connectivity index (χ3n) is 8.31. The zero-order chi connectivity index (χ0) is 28.7. The summed E-state index contributed by atoms with van der Waals surface area (Å²) in [4.78, 5) is 26.5. The van der Waals surface area contributed by atoms with Crippen molar-refractivity contribution in [3.8, 4) is 0 Å². The van der Waals surface area contributed by atoms with Crippen LogP contribution in [0.4, 0.5) is 31.9 Å². The van der Waals surface area contributed by atoms with Crippen LogP contribution in [0.5, 0.6) is 0 Å². The van der Waals surface area contributed by atoms with Gasteiger partial charge in [0.05, 0.1) is 22.7 Å². The Kier molecular flexibility index (Phi) is 7.66. The molecule has 218 valence electrons. The van der Waals surface area contributed by atoms with Crippen LogP contribution in [0.1, 0.15) is 73.5 Å². The van der Waals surface area contributed by atoms with Gasteiger partial charge in [0.1, 0.15) is 5.82 Å². The zero-order valence-electron chi connectivity index (χ0n) is 23.4. The normalized spacial score (nSPS) is 19.9. The number of anilines is 4. The maximum absolute atomic E-state index is 13.7. The van der Waals surface area contributed by atoms with Crippen LogP contribution in [0.2, 0.25) is 0 Å². The van der Waals surface area contributed by atoms with Crippen LogP contribution in [0.25, 0.3) is 0 Å². The van der Waals surface area contributed by atoms with Crippen LogP contribution in [-0.4, -0.2) is 62.1 Å². The number of carbonyl (C=O) groups excluding carboxylic acids is 1. The van der Waals surface area contributed by atoms with E-state index in [2.05, 4.69) is 24.9 Å². The van der Waals surface area contributed by atoms with E-state index in [-0.39, 0.29) is 43.4 Å². The van der Waals surface area contributed by atoms with E-state index >= 15 is 0 Å². The van der Waals surface area contributed by atoms with E-state index in [4.69, 9.17) is 0 Å². The molecule has 3 aliphatic rings. The van der Waals surface area contributed by atoms with Crippen molar-refractivity contribution in [2.24, 2.45) is 5.41 Å². The van der Waals surface area contributed by atoms with Gasteiger partial charge in [-0.1, -0.05) is 6.92 Å². The summed E-state index contributed by atoms with van der Waals surface area (Å²) in [6.07, 6.45) is 4.54. The Morgan fingerprint density at radius 2 is 1.60 bits per heavy atom. The summed E-state index contributed by atoms with van der Waals surface area (Å²) < 4.78 is 55.2. The molecule has 0 radical (unpaired) electrons. The van der Waals surface area contributed by atoms with E-state index in [1.807, 2.05) is 6.92 Å². The predicted molar refractivity (Wildman–Crippen MR) is 153 cm³/mol. The van der Waals surface area contributed by atoms with Gasteiger partial charge in [0.15, 0.2) is 0 Å². The number of benzene rings is 1. The molecule has 40 heavy (non-hydrogen) atoms. The fraction of sp³-hybridized carbons (Fsp3) is 0.607. The van der Waals surface area contributed by atoms with Gasteiger partial charge >= 0.3 is 0 Å². The van der Waals surface area contributed by atoms with E-state index < -0.39 is 15.9 Å². The molecule has 1 aliphatic carbocycles. The lowest BCUT2D eigenvalue weighted by Crippen LogP contribution is -2.40. The van der Waals surface area contributed by atoms with Gasteiger partial charge in [-0.3, -0.25) is 9.52 Å². The first-order chi connectivity index (χ1) is 18.9. The van der Waals surface area contributed by atoms with E-state index in [1.54, 1.807) is 36.9 Å². The summed E-state index contributed by atoms with van der Waals surface area (Å²) in [6, 6.07) is 5.14. The van der Waals surface area contributed by atoms with Crippen LogP contribution in [0.3, 0.4) is 0 Å². The van der Waals surface area contributed by atoms with Crippen molar-refractivity contribution in [1.29, 1.82) is 0 Å². The number of piperidine rings is 2. The van der Waals surface area contributed by atoms with Gasteiger partial charge in [-0.15, -0.1) is 0 Å². The number of alkyl halides is 2. The smallest absolute Gasteiger partial charge is 0.258 e. The minimum absolute atomic E-state index is 0.0142. The highest BCUT2D eigenvalue weighted by Gasteiger charge is 2.44. The number of amides is 1. The predicted octanol–water partition coefficient (Wildman–Crippen LogP) is 5.11. The second-order valence-electron chi connectivity index (χ2n) is 11.6. The zero-order valence-corrected chi connectivity index (χ0v) is 24.2. The number of rotatable bonds is 8. The summed E-state index contributed by atoms with van der Waals surface area (Å²) in [5.41, 5.74) is 3.25. The van der Waals surface area contributed by atoms with Gasteiger partial charge < -0.3 is 15.1 Å². The molecule has 1 saturated carbocycles. The quantitative estimate of drug-likeness (QED) is 0.450. The Bertz CT molecular complexity index is 1380. The SMILES string of the molecule is CCCS(=O)(=O)Nc1cc(N2CCC3(CC2)CC3)c(C(=O)Nc2cc(C)nc(N3CCC(F)(F)CC3)n2)cc1C. The largest absolute Gasteiger partial charge is 0.371 e. The number of hydrogen-bond acceptors (Lipinski definition) is 7. The van der Waals surface area contributed by atoms with Gasteiger partial charge in [-0.25, -0.2) is 22.2 Å². The molecule has 2 saturated heterocycles. The van der Waals surface area contributed by atoms with Crippen molar-refractivity contribution in [1.82, 2.24) is 9.97 Å². The molecule has 3 fully saturated rings. The van der Waals surface area contributed by atoms with Crippen molar-refractivity contribution in [3.63, 3.8) is 0 Å². The molecule has 9 nitrogen and oxygen atoms in total. The van der Waals surface area contributed by atoms with Gasteiger partial charge in [-0.05, 0) is 69.1 Å². The standard InChI is InChI=1S/C28H38F2N6O3S/c1-4-15-40(38,39)34-22-18-23(35-11-7-27(5-6-27)8-12-35)21(16-19(22)2)25(37)32-24-17-20(3)31-26(33-24)36-13-9-28(29,30)10-14-36/h16-18,34H,4-15H2,1-3H3,(H,31,32,33,37). The van der Waals surface area contributed by atoms with Crippen molar-refractivity contribution in [2.75, 3.05) is 51.8 Å². The molecule has 1 aromatic carbocycles. The van der Waals surface area contributed by atoms with Gasteiger partial charge in [0, 0.05) is 50.8 Å². The monoisotopic (exact) mass is 576 g/mol. The Balaban J connectivity index is 1.42. The van der Waals surface area contributed by atoms with E-state index in [0.29, 0.717) is 46.0 Å². The highest BCUT2D eigenvalue weighted by atomic mass is 32.2. The van der Waals surface area contributed by atoms with Crippen LogP contribution < -0.4 is 19.8 Å². The number of sulfonamides is 1. The van der Waals surface area contributed by atoms with Gasteiger partial charge in [0.25, 0.3) is 11.8 Å².